The Kier molecular flexibility index (Phi) is 4.49. The van der Waals surface area contributed by atoms with Gasteiger partial charge in [-0.2, -0.15) is 0 Å². The molecule has 0 fully saturated rings. The Labute approximate surface area is 111 Å². The van der Waals surface area contributed by atoms with Gasteiger partial charge in [0, 0.05) is 17.7 Å². The molecule has 0 aliphatic heterocycles. The SMILES string of the molecule is NCc1cc(COc2ccccc2CO)ccc1F. The van der Waals surface area contributed by atoms with Crippen LogP contribution in [0.4, 0.5) is 4.39 Å². The van der Waals surface area contributed by atoms with Crippen LogP contribution in [0.1, 0.15) is 16.7 Å². The minimum atomic E-state index is -0.304. The van der Waals surface area contributed by atoms with Gasteiger partial charge in [-0.3, -0.25) is 0 Å². The minimum Gasteiger partial charge on any atom is -0.489 e. The van der Waals surface area contributed by atoms with E-state index in [-0.39, 0.29) is 19.0 Å². The molecule has 0 aromatic heterocycles. The van der Waals surface area contributed by atoms with Gasteiger partial charge in [-0.05, 0) is 23.8 Å². The molecule has 0 amide bonds. The topological polar surface area (TPSA) is 55.5 Å². The van der Waals surface area contributed by atoms with Gasteiger partial charge in [-0.15, -0.1) is 0 Å². The van der Waals surface area contributed by atoms with Crippen LogP contribution in [0.3, 0.4) is 0 Å². The number of aliphatic hydroxyl groups excluding tert-OH is 1. The molecule has 19 heavy (non-hydrogen) atoms. The summed E-state index contributed by atoms with van der Waals surface area (Å²) in [5, 5.41) is 9.19. The molecule has 0 heterocycles. The Morgan fingerprint density at radius 1 is 1.11 bits per heavy atom. The normalized spacial score (nSPS) is 10.5. The van der Waals surface area contributed by atoms with Gasteiger partial charge in [0.2, 0.25) is 0 Å². The van der Waals surface area contributed by atoms with E-state index < -0.39 is 0 Å². The summed E-state index contributed by atoms with van der Waals surface area (Å²) in [6, 6.07) is 12.0. The molecule has 0 saturated heterocycles. The number of aliphatic hydroxyl groups is 1. The number of para-hydroxylation sites is 1. The van der Waals surface area contributed by atoms with Gasteiger partial charge in [0.25, 0.3) is 0 Å². The molecule has 0 aliphatic carbocycles. The number of hydrogen-bond acceptors (Lipinski definition) is 3. The highest BCUT2D eigenvalue weighted by Gasteiger charge is 2.05. The summed E-state index contributed by atoms with van der Waals surface area (Å²) in [7, 11) is 0. The van der Waals surface area contributed by atoms with Gasteiger partial charge in [-0.1, -0.05) is 24.3 Å². The summed E-state index contributed by atoms with van der Waals surface area (Å²) in [5.74, 6) is 0.325. The second kappa shape index (κ2) is 6.31. The molecule has 4 heteroatoms. The fraction of sp³-hybridized carbons (Fsp3) is 0.200. The molecule has 0 atom stereocenters. The monoisotopic (exact) mass is 261 g/mol. The summed E-state index contributed by atoms with van der Waals surface area (Å²) in [5.41, 5.74) is 7.50. The van der Waals surface area contributed by atoms with Crippen LogP contribution in [0.5, 0.6) is 5.75 Å². The lowest BCUT2D eigenvalue weighted by atomic mass is 10.1. The van der Waals surface area contributed by atoms with Gasteiger partial charge in [0.1, 0.15) is 18.2 Å². The second-order valence-electron chi connectivity index (χ2n) is 4.18. The zero-order valence-electron chi connectivity index (χ0n) is 10.5. The van der Waals surface area contributed by atoms with Crippen LogP contribution < -0.4 is 10.5 Å². The Bertz CT molecular complexity index is 558. The van der Waals surface area contributed by atoms with Crippen molar-refractivity contribution < 1.29 is 14.2 Å². The van der Waals surface area contributed by atoms with Crippen molar-refractivity contribution in [1.29, 1.82) is 0 Å². The first-order chi connectivity index (χ1) is 9.24. The molecule has 0 saturated carbocycles. The van der Waals surface area contributed by atoms with E-state index in [1.807, 2.05) is 12.1 Å². The van der Waals surface area contributed by atoms with Crippen LogP contribution in [0.25, 0.3) is 0 Å². The molecule has 2 rings (SSSR count). The highest BCUT2D eigenvalue weighted by molar-refractivity contribution is 5.33. The number of nitrogens with two attached hydrogens (primary N) is 1. The lowest BCUT2D eigenvalue weighted by Gasteiger charge is -2.10. The van der Waals surface area contributed by atoms with Crippen molar-refractivity contribution in [3.8, 4) is 5.75 Å². The van der Waals surface area contributed by atoms with Gasteiger partial charge >= 0.3 is 0 Å². The van der Waals surface area contributed by atoms with Gasteiger partial charge in [-0.25, -0.2) is 4.39 Å². The van der Waals surface area contributed by atoms with E-state index in [1.54, 1.807) is 24.3 Å². The summed E-state index contributed by atoms with van der Waals surface area (Å²) < 4.78 is 18.9. The highest BCUT2D eigenvalue weighted by Crippen LogP contribution is 2.19. The summed E-state index contributed by atoms with van der Waals surface area (Å²) >= 11 is 0. The molecule has 3 nitrogen and oxygen atoms in total. The second-order valence-corrected chi connectivity index (χ2v) is 4.18. The largest absolute Gasteiger partial charge is 0.489 e. The van der Waals surface area contributed by atoms with E-state index in [0.29, 0.717) is 17.9 Å². The Hall–Kier alpha value is -1.91. The smallest absolute Gasteiger partial charge is 0.127 e. The molecule has 2 aromatic carbocycles. The lowest BCUT2D eigenvalue weighted by molar-refractivity contribution is 0.259. The maximum Gasteiger partial charge on any atom is 0.127 e. The molecular formula is C15H16FNO2. The number of halogens is 1. The van der Waals surface area contributed by atoms with Crippen LogP contribution >= 0.6 is 0 Å². The first-order valence-electron chi connectivity index (χ1n) is 6.03. The van der Waals surface area contributed by atoms with Crippen LogP contribution in [0.15, 0.2) is 42.5 Å². The Morgan fingerprint density at radius 3 is 2.63 bits per heavy atom. The van der Waals surface area contributed by atoms with Crippen LogP contribution in [0.2, 0.25) is 0 Å². The van der Waals surface area contributed by atoms with Gasteiger partial charge in [0.05, 0.1) is 6.61 Å². The fourth-order valence-corrected chi connectivity index (χ4v) is 1.81. The predicted molar refractivity (Wildman–Crippen MR) is 71.0 cm³/mol. The van der Waals surface area contributed by atoms with Crippen molar-refractivity contribution in [2.75, 3.05) is 0 Å². The Morgan fingerprint density at radius 2 is 1.89 bits per heavy atom. The van der Waals surface area contributed by atoms with Crippen molar-refractivity contribution >= 4 is 0 Å². The standard InChI is InChI=1S/C15H16FNO2/c16-14-6-5-11(7-13(14)8-17)10-19-15-4-2-1-3-12(15)9-18/h1-7,18H,8-10,17H2. The van der Waals surface area contributed by atoms with Crippen LogP contribution in [0, 0.1) is 5.82 Å². The average Bonchev–Trinajstić information content (AvgIpc) is 2.46. The highest BCUT2D eigenvalue weighted by atomic mass is 19.1. The summed E-state index contributed by atoms with van der Waals surface area (Å²) in [4.78, 5) is 0. The van der Waals surface area contributed by atoms with E-state index in [1.165, 1.54) is 6.07 Å². The molecule has 3 N–H and O–H groups in total. The minimum absolute atomic E-state index is 0.0758. The maximum absolute atomic E-state index is 13.3. The first kappa shape index (κ1) is 13.5. The number of hydrogen-bond donors (Lipinski definition) is 2. The maximum atomic E-state index is 13.3. The third-order valence-electron chi connectivity index (χ3n) is 2.87. The number of ether oxygens (including phenoxy) is 1. The van der Waals surface area contributed by atoms with E-state index in [9.17, 15) is 9.50 Å². The first-order valence-corrected chi connectivity index (χ1v) is 6.03. The Balaban J connectivity index is 2.10. The molecule has 2 aromatic rings. The quantitative estimate of drug-likeness (QED) is 0.868. The van der Waals surface area contributed by atoms with E-state index in [4.69, 9.17) is 10.5 Å². The van der Waals surface area contributed by atoms with Gasteiger partial charge < -0.3 is 15.6 Å². The average molecular weight is 261 g/mol. The molecule has 0 radical (unpaired) electrons. The molecular weight excluding hydrogens is 245 g/mol. The zero-order valence-corrected chi connectivity index (χ0v) is 10.5. The van der Waals surface area contributed by atoms with Crippen molar-refractivity contribution in [2.24, 2.45) is 5.73 Å². The van der Waals surface area contributed by atoms with Crippen LogP contribution in [-0.4, -0.2) is 5.11 Å². The predicted octanol–water partition coefficient (Wildman–Crippen LogP) is 2.36. The molecule has 0 aliphatic rings. The van der Waals surface area contributed by atoms with E-state index in [0.717, 1.165) is 11.1 Å². The third kappa shape index (κ3) is 3.30. The fourth-order valence-electron chi connectivity index (χ4n) is 1.81. The molecule has 100 valence electrons. The van der Waals surface area contributed by atoms with Gasteiger partial charge in [0.15, 0.2) is 0 Å². The molecule has 0 spiro atoms. The van der Waals surface area contributed by atoms with E-state index in [2.05, 4.69) is 0 Å². The van der Waals surface area contributed by atoms with Crippen molar-refractivity contribution in [3.05, 3.63) is 65.0 Å². The van der Waals surface area contributed by atoms with Crippen molar-refractivity contribution in [3.63, 3.8) is 0 Å². The third-order valence-corrected chi connectivity index (χ3v) is 2.87. The summed E-state index contributed by atoms with van der Waals surface area (Å²) in [6.45, 7) is 0.394. The number of rotatable bonds is 5. The van der Waals surface area contributed by atoms with Crippen molar-refractivity contribution in [1.82, 2.24) is 0 Å². The van der Waals surface area contributed by atoms with Crippen LogP contribution in [-0.2, 0) is 19.8 Å². The lowest BCUT2D eigenvalue weighted by Crippen LogP contribution is -2.03. The molecule has 0 bridgehead atoms. The zero-order chi connectivity index (χ0) is 13.7. The van der Waals surface area contributed by atoms with Crippen molar-refractivity contribution in [2.45, 2.75) is 19.8 Å². The summed E-state index contributed by atoms with van der Waals surface area (Å²) in [6.07, 6.45) is 0. The van der Waals surface area contributed by atoms with E-state index >= 15 is 0 Å². The number of benzene rings is 2. The molecule has 0 unspecified atom stereocenters.